The zero-order chi connectivity index (χ0) is 17.1. The Hall–Kier alpha value is -2.62. The maximum Gasteiger partial charge on any atom is 0.267 e. The highest BCUT2D eigenvalue weighted by Crippen LogP contribution is 2.28. The number of carbonyl (C=O) groups excluding carboxylic acids is 2. The first-order valence-electron chi connectivity index (χ1n) is 8.29. The van der Waals surface area contributed by atoms with Crippen LogP contribution in [0.25, 0.3) is 0 Å². The minimum atomic E-state index is -0.580. The van der Waals surface area contributed by atoms with E-state index in [2.05, 4.69) is 6.07 Å². The van der Waals surface area contributed by atoms with Crippen LogP contribution in [-0.2, 0) is 11.2 Å². The number of fused-ring (bicyclic) bond motifs is 1. The smallest absolute Gasteiger partial charge is 0.267 e. The molecule has 0 saturated heterocycles. The largest absolute Gasteiger partial charge is 0.481 e. The zero-order valence-corrected chi connectivity index (χ0v) is 14.0. The van der Waals surface area contributed by atoms with E-state index in [-0.39, 0.29) is 11.7 Å². The fraction of sp³-hybridized carbons (Fsp3) is 0.300. The summed E-state index contributed by atoms with van der Waals surface area (Å²) in [7, 11) is 0. The van der Waals surface area contributed by atoms with E-state index in [0.717, 1.165) is 12.1 Å². The number of nitrogens with zero attached hydrogens (tertiary/aromatic N) is 1. The topological polar surface area (TPSA) is 46.6 Å². The molecule has 0 saturated carbocycles. The quantitative estimate of drug-likeness (QED) is 0.789. The van der Waals surface area contributed by atoms with Crippen molar-refractivity contribution in [1.82, 2.24) is 0 Å². The number of Topliss-reactive ketones (excluding diaryl/α,β-unsaturated/α-hetero) is 1. The van der Waals surface area contributed by atoms with E-state index in [0.29, 0.717) is 24.3 Å². The number of rotatable bonds is 5. The Kier molecular flexibility index (Phi) is 4.65. The molecule has 4 nitrogen and oxygen atoms in total. The number of hydrogen-bond donors (Lipinski definition) is 0. The number of amides is 1. The summed E-state index contributed by atoms with van der Waals surface area (Å²) in [4.78, 5) is 26.1. The van der Waals surface area contributed by atoms with Crippen molar-refractivity contribution in [1.29, 1.82) is 0 Å². The van der Waals surface area contributed by atoms with E-state index in [1.165, 1.54) is 5.56 Å². The van der Waals surface area contributed by atoms with Gasteiger partial charge in [0.15, 0.2) is 11.9 Å². The third-order valence-corrected chi connectivity index (χ3v) is 4.31. The highest BCUT2D eigenvalue weighted by atomic mass is 16.5. The van der Waals surface area contributed by atoms with Crippen molar-refractivity contribution in [3.63, 3.8) is 0 Å². The van der Waals surface area contributed by atoms with Crippen LogP contribution in [0.2, 0.25) is 0 Å². The molecule has 4 heteroatoms. The summed E-state index contributed by atoms with van der Waals surface area (Å²) in [6, 6.07) is 14.9. The Morgan fingerprint density at radius 3 is 2.54 bits per heavy atom. The van der Waals surface area contributed by atoms with Crippen LogP contribution in [0.3, 0.4) is 0 Å². The van der Waals surface area contributed by atoms with E-state index >= 15 is 0 Å². The van der Waals surface area contributed by atoms with Crippen LogP contribution in [-0.4, -0.2) is 24.3 Å². The zero-order valence-electron chi connectivity index (χ0n) is 14.0. The van der Waals surface area contributed by atoms with Gasteiger partial charge in [0, 0.05) is 24.2 Å². The highest BCUT2D eigenvalue weighted by Gasteiger charge is 2.28. The van der Waals surface area contributed by atoms with E-state index in [4.69, 9.17) is 4.74 Å². The maximum absolute atomic E-state index is 12.7. The molecule has 0 unspecified atom stereocenters. The first-order chi connectivity index (χ1) is 11.6. The average molecular weight is 323 g/mol. The van der Waals surface area contributed by atoms with Gasteiger partial charge in [0.05, 0.1) is 0 Å². The number of benzene rings is 2. The van der Waals surface area contributed by atoms with Crippen LogP contribution in [0.4, 0.5) is 5.69 Å². The summed E-state index contributed by atoms with van der Waals surface area (Å²) in [5.41, 5.74) is 2.83. The lowest BCUT2D eigenvalue weighted by molar-refractivity contribution is -0.124. The fourth-order valence-corrected chi connectivity index (χ4v) is 2.96. The molecule has 0 bridgehead atoms. The van der Waals surface area contributed by atoms with E-state index < -0.39 is 6.10 Å². The second kappa shape index (κ2) is 6.87. The number of ether oxygens (including phenoxy) is 1. The molecule has 0 aliphatic carbocycles. The van der Waals surface area contributed by atoms with Gasteiger partial charge in [-0.3, -0.25) is 9.59 Å². The Morgan fingerprint density at radius 2 is 1.83 bits per heavy atom. The molecule has 3 rings (SSSR count). The van der Waals surface area contributed by atoms with Gasteiger partial charge in [-0.25, -0.2) is 0 Å². The predicted molar refractivity (Wildman–Crippen MR) is 93.7 cm³/mol. The Labute approximate surface area is 142 Å². The van der Waals surface area contributed by atoms with Gasteiger partial charge in [0.2, 0.25) is 0 Å². The Bertz CT molecular complexity index is 752. The van der Waals surface area contributed by atoms with Crippen molar-refractivity contribution in [2.45, 2.75) is 32.8 Å². The SMILES string of the molecule is CCC(=O)c1ccc(O[C@H](C)C(=O)N2CCc3ccccc32)cc1. The molecule has 1 atom stereocenters. The second-order valence-corrected chi connectivity index (χ2v) is 5.93. The number of para-hydroxylation sites is 1. The van der Waals surface area contributed by atoms with Crippen LogP contribution in [0, 0.1) is 0 Å². The lowest BCUT2D eigenvalue weighted by Gasteiger charge is -2.22. The van der Waals surface area contributed by atoms with E-state index in [1.807, 2.05) is 25.1 Å². The van der Waals surface area contributed by atoms with Gasteiger partial charge in [-0.05, 0) is 49.2 Å². The first kappa shape index (κ1) is 16.2. The molecular formula is C20H21NO3. The van der Waals surface area contributed by atoms with Crippen molar-refractivity contribution in [3.05, 3.63) is 59.7 Å². The Morgan fingerprint density at radius 1 is 1.12 bits per heavy atom. The minimum Gasteiger partial charge on any atom is -0.481 e. The van der Waals surface area contributed by atoms with Crippen molar-refractivity contribution in [2.24, 2.45) is 0 Å². The molecule has 1 aliphatic rings. The van der Waals surface area contributed by atoms with Crippen LogP contribution in [0.1, 0.15) is 36.2 Å². The van der Waals surface area contributed by atoms with Gasteiger partial charge in [0.1, 0.15) is 5.75 Å². The minimum absolute atomic E-state index is 0.0475. The molecule has 0 spiro atoms. The van der Waals surface area contributed by atoms with Crippen molar-refractivity contribution < 1.29 is 14.3 Å². The molecule has 124 valence electrons. The summed E-state index contributed by atoms with van der Waals surface area (Å²) in [5.74, 6) is 0.643. The predicted octanol–water partition coefficient (Wildman–Crippen LogP) is 3.64. The van der Waals surface area contributed by atoms with Crippen LogP contribution < -0.4 is 9.64 Å². The van der Waals surface area contributed by atoms with Crippen molar-refractivity contribution in [3.8, 4) is 5.75 Å². The number of ketones is 1. The molecule has 1 heterocycles. The average Bonchev–Trinajstić information content (AvgIpc) is 3.05. The van der Waals surface area contributed by atoms with Gasteiger partial charge in [-0.1, -0.05) is 25.1 Å². The van der Waals surface area contributed by atoms with Crippen LogP contribution in [0.15, 0.2) is 48.5 Å². The van der Waals surface area contributed by atoms with Crippen LogP contribution in [0.5, 0.6) is 5.75 Å². The summed E-state index contributed by atoms with van der Waals surface area (Å²) in [5, 5.41) is 0. The lowest BCUT2D eigenvalue weighted by atomic mass is 10.1. The fourth-order valence-electron chi connectivity index (χ4n) is 2.96. The molecular weight excluding hydrogens is 302 g/mol. The van der Waals surface area contributed by atoms with Crippen molar-refractivity contribution in [2.75, 3.05) is 11.4 Å². The maximum atomic E-state index is 12.7. The highest BCUT2D eigenvalue weighted by molar-refractivity contribution is 5.98. The van der Waals surface area contributed by atoms with Gasteiger partial charge in [-0.15, -0.1) is 0 Å². The normalized spacial score (nSPS) is 14.2. The summed E-state index contributed by atoms with van der Waals surface area (Å²) in [6.07, 6.45) is 0.773. The number of carbonyl (C=O) groups is 2. The number of anilines is 1. The van der Waals surface area contributed by atoms with Crippen LogP contribution >= 0.6 is 0 Å². The molecule has 2 aromatic carbocycles. The third-order valence-electron chi connectivity index (χ3n) is 4.31. The monoisotopic (exact) mass is 323 g/mol. The standard InChI is InChI=1S/C20H21NO3/c1-3-19(22)16-8-10-17(11-9-16)24-14(2)20(23)21-13-12-15-6-4-5-7-18(15)21/h4-11,14H,3,12-13H2,1-2H3/t14-/m1/s1. The lowest BCUT2D eigenvalue weighted by Crippen LogP contribution is -2.39. The molecule has 0 radical (unpaired) electrons. The van der Waals surface area contributed by atoms with E-state index in [9.17, 15) is 9.59 Å². The molecule has 24 heavy (non-hydrogen) atoms. The molecule has 0 aromatic heterocycles. The van der Waals surface area contributed by atoms with Gasteiger partial charge >= 0.3 is 0 Å². The molecule has 0 fully saturated rings. The van der Waals surface area contributed by atoms with Gasteiger partial charge < -0.3 is 9.64 Å². The van der Waals surface area contributed by atoms with E-state index in [1.54, 1.807) is 36.1 Å². The molecule has 1 aliphatic heterocycles. The number of hydrogen-bond acceptors (Lipinski definition) is 3. The molecule has 2 aromatic rings. The second-order valence-electron chi connectivity index (χ2n) is 5.93. The first-order valence-corrected chi connectivity index (χ1v) is 8.29. The van der Waals surface area contributed by atoms with Gasteiger partial charge in [0.25, 0.3) is 5.91 Å². The molecule has 1 amide bonds. The summed E-state index contributed by atoms with van der Waals surface area (Å²) < 4.78 is 5.77. The molecule has 0 N–H and O–H groups in total. The summed E-state index contributed by atoms with van der Waals surface area (Å²) in [6.45, 7) is 4.28. The summed E-state index contributed by atoms with van der Waals surface area (Å²) >= 11 is 0. The Balaban J connectivity index is 1.68. The van der Waals surface area contributed by atoms with Gasteiger partial charge in [-0.2, -0.15) is 0 Å². The third kappa shape index (κ3) is 3.18. The van der Waals surface area contributed by atoms with Crippen molar-refractivity contribution >= 4 is 17.4 Å².